The topological polar surface area (TPSA) is 70.3 Å². The summed E-state index contributed by atoms with van der Waals surface area (Å²) in [5, 5.41) is 15.2. The van der Waals surface area contributed by atoms with Crippen LogP contribution in [0.3, 0.4) is 0 Å². The second kappa shape index (κ2) is 7.04. The Morgan fingerprint density at radius 3 is 2.40 bits per heavy atom. The van der Waals surface area contributed by atoms with Gasteiger partial charge in [-0.1, -0.05) is 18.2 Å². The number of halogens is 3. The summed E-state index contributed by atoms with van der Waals surface area (Å²) < 4.78 is 36.6. The van der Waals surface area contributed by atoms with Crippen molar-refractivity contribution < 1.29 is 18.3 Å². The highest BCUT2D eigenvalue weighted by molar-refractivity contribution is 5.44. The van der Waals surface area contributed by atoms with Gasteiger partial charge in [-0.25, -0.2) is 0 Å². The second-order valence-corrected chi connectivity index (χ2v) is 4.21. The first-order valence-corrected chi connectivity index (χ1v) is 6.06. The Bertz CT molecular complexity index is 446. The zero-order valence-corrected chi connectivity index (χ0v) is 11.0. The van der Waals surface area contributed by atoms with Crippen LogP contribution < -0.4 is 16.4 Å². The minimum atomic E-state index is -4.26. The number of para-hydroxylation sites is 1. The molecule has 7 heteroatoms. The molecular formula is C13H18F3N3O. The standard InChI is InChI=1S/C13H18F3N3O/c1-18-10(7-8-13(14,15)16)11(17)12(20)19-9-5-3-2-4-6-9/h2-6,12,18-20H,7-8,17H2,1H3. The maximum Gasteiger partial charge on any atom is 0.389 e. The lowest BCUT2D eigenvalue weighted by Crippen LogP contribution is -2.30. The van der Waals surface area contributed by atoms with Crippen molar-refractivity contribution in [2.45, 2.75) is 25.2 Å². The highest BCUT2D eigenvalue weighted by atomic mass is 19.4. The first-order chi connectivity index (χ1) is 9.33. The van der Waals surface area contributed by atoms with Gasteiger partial charge in [0.1, 0.15) is 0 Å². The summed E-state index contributed by atoms with van der Waals surface area (Å²) in [6.07, 6.45) is -6.82. The van der Waals surface area contributed by atoms with Gasteiger partial charge in [0.05, 0.1) is 5.70 Å². The largest absolute Gasteiger partial charge is 0.397 e. The van der Waals surface area contributed by atoms with Crippen LogP contribution in [0, 0.1) is 0 Å². The summed E-state index contributed by atoms with van der Waals surface area (Å²) in [5.74, 6) is 0. The van der Waals surface area contributed by atoms with Gasteiger partial charge in [0.2, 0.25) is 0 Å². The maximum absolute atomic E-state index is 12.2. The van der Waals surface area contributed by atoms with Crippen LogP contribution in [0.4, 0.5) is 18.9 Å². The van der Waals surface area contributed by atoms with Crippen molar-refractivity contribution in [2.24, 2.45) is 5.73 Å². The second-order valence-electron chi connectivity index (χ2n) is 4.21. The fraction of sp³-hybridized carbons (Fsp3) is 0.385. The fourth-order valence-electron chi connectivity index (χ4n) is 1.62. The van der Waals surface area contributed by atoms with E-state index in [1.807, 2.05) is 0 Å². The van der Waals surface area contributed by atoms with Crippen molar-refractivity contribution in [3.63, 3.8) is 0 Å². The summed E-state index contributed by atoms with van der Waals surface area (Å²) in [4.78, 5) is 0. The smallest absolute Gasteiger partial charge is 0.389 e. The number of rotatable bonds is 6. The first-order valence-electron chi connectivity index (χ1n) is 6.06. The van der Waals surface area contributed by atoms with Crippen LogP contribution in [0.15, 0.2) is 41.7 Å². The predicted octanol–water partition coefficient (Wildman–Crippen LogP) is 2.15. The molecule has 1 unspecified atom stereocenters. The summed E-state index contributed by atoms with van der Waals surface area (Å²) in [6.45, 7) is 0. The zero-order valence-electron chi connectivity index (χ0n) is 11.0. The molecule has 1 atom stereocenters. The van der Waals surface area contributed by atoms with Crippen molar-refractivity contribution in [1.82, 2.24) is 5.32 Å². The Morgan fingerprint density at radius 1 is 1.30 bits per heavy atom. The Morgan fingerprint density at radius 2 is 1.90 bits per heavy atom. The number of anilines is 1. The highest BCUT2D eigenvalue weighted by Gasteiger charge is 2.27. The van der Waals surface area contributed by atoms with Crippen molar-refractivity contribution in [3.05, 3.63) is 41.7 Å². The van der Waals surface area contributed by atoms with Gasteiger partial charge in [-0.15, -0.1) is 0 Å². The molecule has 0 aliphatic heterocycles. The van der Waals surface area contributed by atoms with E-state index in [2.05, 4.69) is 10.6 Å². The SMILES string of the molecule is CNC(CCC(F)(F)F)=C(N)C(O)Nc1ccccc1. The van der Waals surface area contributed by atoms with Crippen LogP contribution in [0.2, 0.25) is 0 Å². The number of allylic oxidation sites excluding steroid dienone is 1. The van der Waals surface area contributed by atoms with Gasteiger partial charge in [-0.05, 0) is 18.6 Å². The molecule has 5 N–H and O–H groups in total. The number of hydrogen-bond donors (Lipinski definition) is 4. The Hall–Kier alpha value is -1.89. The molecule has 4 nitrogen and oxygen atoms in total. The van der Waals surface area contributed by atoms with Crippen LogP contribution >= 0.6 is 0 Å². The zero-order chi connectivity index (χ0) is 15.2. The van der Waals surface area contributed by atoms with Crippen molar-refractivity contribution in [3.8, 4) is 0 Å². The van der Waals surface area contributed by atoms with Gasteiger partial charge < -0.3 is 21.5 Å². The van der Waals surface area contributed by atoms with E-state index in [9.17, 15) is 18.3 Å². The molecule has 0 spiro atoms. The van der Waals surface area contributed by atoms with Gasteiger partial charge in [0, 0.05) is 24.9 Å². The van der Waals surface area contributed by atoms with Crippen LogP contribution in [0.1, 0.15) is 12.8 Å². The average molecular weight is 289 g/mol. The number of hydrogen-bond acceptors (Lipinski definition) is 4. The molecule has 0 saturated heterocycles. The number of aliphatic hydroxyl groups excluding tert-OH is 1. The molecule has 0 bridgehead atoms. The van der Waals surface area contributed by atoms with Gasteiger partial charge in [-0.2, -0.15) is 13.2 Å². The van der Waals surface area contributed by atoms with Gasteiger partial charge in [0.25, 0.3) is 0 Å². The van der Waals surface area contributed by atoms with Gasteiger partial charge >= 0.3 is 6.18 Å². The van der Waals surface area contributed by atoms with Crippen molar-refractivity contribution in [1.29, 1.82) is 0 Å². The van der Waals surface area contributed by atoms with Crippen LogP contribution in [-0.4, -0.2) is 24.6 Å². The van der Waals surface area contributed by atoms with E-state index >= 15 is 0 Å². The van der Waals surface area contributed by atoms with E-state index in [4.69, 9.17) is 5.73 Å². The normalized spacial score (nSPS) is 14.4. The van der Waals surface area contributed by atoms with E-state index < -0.39 is 18.8 Å². The molecule has 0 aliphatic carbocycles. The molecule has 0 amide bonds. The van der Waals surface area contributed by atoms with Gasteiger partial charge in [-0.3, -0.25) is 0 Å². The molecule has 0 saturated carbocycles. The van der Waals surface area contributed by atoms with Crippen molar-refractivity contribution >= 4 is 5.69 Å². The molecule has 0 fully saturated rings. The highest BCUT2D eigenvalue weighted by Crippen LogP contribution is 2.24. The van der Waals surface area contributed by atoms with E-state index in [0.29, 0.717) is 5.69 Å². The molecule has 0 heterocycles. The first kappa shape index (κ1) is 16.2. The number of alkyl halides is 3. The van der Waals surface area contributed by atoms with Crippen molar-refractivity contribution in [2.75, 3.05) is 12.4 Å². The number of benzene rings is 1. The minimum absolute atomic E-state index is 0.0550. The fourth-order valence-corrected chi connectivity index (χ4v) is 1.62. The van der Waals surface area contributed by atoms with Crippen LogP contribution in [0.5, 0.6) is 0 Å². The molecule has 0 radical (unpaired) electrons. The predicted molar refractivity (Wildman–Crippen MR) is 71.6 cm³/mol. The molecule has 1 aromatic carbocycles. The van der Waals surface area contributed by atoms with E-state index in [0.717, 1.165) is 0 Å². The summed E-state index contributed by atoms with van der Waals surface area (Å²) in [7, 11) is 1.47. The number of nitrogens with two attached hydrogens (primary N) is 1. The summed E-state index contributed by atoms with van der Waals surface area (Å²) in [6, 6.07) is 8.75. The average Bonchev–Trinajstić information content (AvgIpc) is 2.39. The third-order valence-electron chi connectivity index (χ3n) is 2.68. The molecule has 0 aliphatic rings. The lowest BCUT2D eigenvalue weighted by molar-refractivity contribution is -0.134. The third-order valence-corrected chi connectivity index (χ3v) is 2.68. The number of nitrogens with one attached hydrogen (secondary N) is 2. The Balaban J connectivity index is 2.72. The minimum Gasteiger partial charge on any atom is -0.397 e. The number of aliphatic hydroxyl groups is 1. The Kier molecular flexibility index (Phi) is 5.69. The molecule has 1 rings (SSSR count). The van der Waals surface area contributed by atoms with E-state index in [1.54, 1.807) is 30.3 Å². The molecule has 112 valence electrons. The van der Waals surface area contributed by atoms with E-state index in [-0.39, 0.29) is 17.8 Å². The van der Waals surface area contributed by atoms with Gasteiger partial charge in [0.15, 0.2) is 6.23 Å². The van der Waals surface area contributed by atoms with Crippen LogP contribution in [-0.2, 0) is 0 Å². The Labute approximate surface area is 115 Å². The molecule has 20 heavy (non-hydrogen) atoms. The third kappa shape index (κ3) is 5.40. The van der Waals surface area contributed by atoms with Crippen LogP contribution in [0.25, 0.3) is 0 Å². The molecular weight excluding hydrogens is 271 g/mol. The summed E-state index contributed by atoms with van der Waals surface area (Å²) >= 11 is 0. The lowest BCUT2D eigenvalue weighted by atomic mass is 10.1. The lowest BCUT2D eigenvalue weighted by Gasteiger charge is -2.19. The van der Waals surface area contributed by atoms with E-state index in [1.165, 1.54) is 7.05 Å². The summed E-state index contributed by atoms with van der Waals surface area (Å²) in [5.41, 5.74) is 6.42. The monoisotopic (exact) mass is 289 g/mol. The quantitative estimate of drug-likeness (QED) is 0.606. The molecule has 1 aromatic rings. The maximum atomic E-state index is 12.2. The molecule has 0 aromatic heterocycles.